The van der Waals surface area contributed by atoms with Gasteiger partial charge in [0.05, 0.1) is 16.2 Å². The zero-order valence-corrected chi connectivity index (χ0v) is 20.2. The number of rotatable bonds is 8. The van der Waals surface area contributed by atoms with Crippen LogP contribution in [0, 0.1) is 28.7 Å². The lowest BCUT2D eigenvalue weighted by Gasteiger charge is -2.11. The second kappa shape index (κ2) is 10.6. The zero-order valence-electron chi connectivity index (χ0n) is 19.3. The fourth-order valence-electron chi connectivity index (χ4n) is 3.65. The number of anilines is 2. The van der Waals surface area contributed by atoms with Crippen LogP contribution >= 0.6 is 11.3 Å². The van der Waals surface area contributed by atoms with E-state index in [4.69, 9.17) is 0 Å². The van der Waals surface area contributed by atoms with Crippen LogP contribution in [-0.2, 0) is 13.0 Å². The maximum Gasteiger partial charge on any atom is 0.269 e. The molecule has 0 unspecified atom stereocenters. The van der Waals surface area contributed by atoms with E-state index in [9.17, 15) is 23.7 Å². The highest BCUT2D eigenvalue weighted by atomic mass is 32.1. The van der Waals surface area contributed by atoms with E-state index in [1.54, 1.807) is 31.2 Å². The highest BCUT2D eigenvalue weighted by Gasteiger charge is 2.25. The molecule has 0 aliphatic rings. The van der Waals surface area contributed by atoms with Crippen LogP contribution in [0.25, 0.3) is 10.4 Å². The summed E-state index contributed by atoms with van der Waals surface area (Å²) in [6.07, 6.45) is 0.459. The number of nitro groups is 1. The van der Waals surface area contributed by atoms with Gasteiger partial charge in [-0.05, 0) is 60.9 Å². The highest BCUT2D eigenvalue weighted by Crippen LogP contribution is 2.41. The van der Waals surface area contributed by atoms with Crippen molar-refractivity contribution in [3.05, 3.63) is 98.7 Å². The number of nitrogens with one attached hydrogen (secondary N) is 2. The van der Waals surface area contributed by atoms with Gasteiger partial charge in [0.2, 0.25) is 0 Å². The van der Waals surface area contributed by atoms with Crippen LogP contribution in [0.1, 0.15) is 34.1 Å². The Morgan fingerprint density at radius 3 is 2.31 bits per heavy atom. The van der Waals surface area contributed by atoms with Gasteiger partial charge in [-0.25, -0.2) is 8.78 Å². The number of nitro benzene ring substituents is 1. The summed E-state index contributed by atoms with van der Waals surface area (Å²) in [5.41, 5.74) is 2.14. The van der Waals surface area contributed by atoms with E-state index in [1.807, 2.05) is 6.92 Å². The van der Waals surface area contributed by atoms with Crippen LogP contribution in [-0.4, -0.2) is 21.0 Å². The van der Waals surface area contributed by atoms with E-state index >= 15 is 0 Å². The van der Waals surface area contributed by atoms with Crippen molar-refractivity contribution in [2.75, 3.05) is 10.6 Å². The number of hydrogen-bond acceptors (Lipinski definition) is 7. The van der Waals surface area contributed by atoms with Crippen molar-refractivity contribution in [1.29, 1.82) is 0 Å². The maximum atomic E-state index is 14.2. The lowest BCUT2D eigenvalue weighted by Crippen LogP contribution is -2.16. The molecule has 0 saturated heterocycles. The minimum absolute atomic E-state index is 0.0577. The third kappa shape index (κ3) is 5.20. The Kier molecular flexibility index (Phi) is 7.30. The van der Waals surface area contributed by atoms with Crippen molar-refractivity contribution in [3.8, 4) is 10.4 Å². The molecule has 0 fully saturated rings. The molecule has 2 N–H and O–H groups in total. The van der Waals surface area contributed by atoms with Gasteiger partial charge in [-0.2, -0.15) is 5.10 Å². The van der Waals surface area contributed by atoms with Crippen LogP contribution < -0.4 is 10.6 Å². The van der Waals surface area contributed by atoms with E-state index in [0.717, 1.165) is 12.1 Å². The number of amides is 1. The Morgan fingerprint density at radius 2 is 1.72 bits per heavy atom. The lowest BCUT2D eigenvalue weighted by molar-refractivity contribution is -0.384. The van der Waals surface area contributed by atoms with Gasteiger partial charge in [-0.15, -0.1) is 16.4 Å². The second-order valence-electron chi connectivity index (χ2n) is 7.84. The molecule has 0 spiro atoms. The predicted molar refractivity (Wildman–Crippen MR) is 134 cm³/mol. The standard InChI is InChI=1S/C25H21F2N5O3S/c1-3-17-22(24(33)29-21-12-7-14(2)30-31-21)25(28-13-18-19(26)5-4-6-20(18)27)36-23(17)15-8-10-16(11-9-15)32(34)35/h4-12,28H,3,13H2,1-2H3,(H,29,31,33). The van der Waals surface area contributed by atoms with E-state index < -0.39 is 22.5 Å². The average Bonchev–Trinajstić information content (AvgIpc) is 3.24. The lowest BCUT2D eigenvalue weighted by atomic mass is 10.0. The molecule has 2 aromatic carbocycles. The molecule has 36 heavy (non-hydrogen) atoms. The van der Waals surface area contributed by atoms with Crippen molar-refractivity contribution in [2.24, 2.45) is 0 Å². The summed E-state index contributed by atoms with van der Waals surface area (Å²) in [6.45, 7) is 3.46. The smallest absolute Gasteiger partial charge is 0.269 e. The number of benzene rings is 2. The zero-order chi connectivity index (χ0) is 25.8. The molecule has 184 valence electrons. The SMILES string of the molecule is CCc1c(-c2ccc([N+](=O)[O-])cc2)sc(NCc2c(F)cccc2F)c1C(=O)Nc1ccc(C)nn1. The van der Waals surface area contributed by atoms with Crippen LogP contribution in [0.15, 0.2) is 54.6 Å². The van der Waals surface area contributed by atoms with Crippen molar-refractivity contribution in [2.45, 2.75) is 26.8 Å². The predicted octanol–water partition coefficient (Wildman–Crippen LogP) is 6.13. The third-order valence-corrected chi connectivity index (χ3v) is 6.69. The van der Waals surface area contributed by atoms with Gasteiger partial charge in [0.15, 0.2) is 5.82 Å². The summed E-state index contributed by atoms with van der Waals surface area (Å²) < 4.78 is 28.4. The van der Waals surface area contributed by atoms with Crippen molar-refractivity contribution in [1.82, 2.24) is 10.2 Å². The first-order valence-corrected chi connectivity index (χ1v) is 11.8. The summed E-state index contributed by atoms with van der Waals surface area (Å²) >= 11 is 1.23. The molecular weight excluding hydrogens is 488 g/mol. The number of aryl methyl sites for hydroxylation is 1. The third-order valence-electron chi connectivity index (χ3n) is 5.45. The van der Waals surface area contributed by atoms with Gasteiger partial charge in [0, 0.05) is 29.1 Å². The fourth-order valence-corrected chi connectivity index (χ4v) is 4.94. The van der Waals surface area contributed by atoms with Crippen LogP contribution in [0.2, 0.25) is 0 Å². The number of carbonyl (C=O) groups excluding carboxylic acids is 1. The van der Waals surface area contributed by atoms with E-state index in [0.29, 0.717) is 38.7 Å². The first kappa shape index (κ1) is 24.9. The van der Waals surface area contributed by atoms with Crippen molar-refractivity contribution >= 4 is 33.8 Å². The van der Waals surface area contributed by atoms with Gasteiger partial charge in [0.25, 0.3) is 11.6 Å². The fraction of sp³-hybridized carbons (Fsp3) is 0.160. The molecule has 8 nitrogen and oxygen atoms in total. The molecule has 11 heteroatoms. The molecule has 0 aliphatic carbocycles. The number of non-ortho nitro benzene ring substituents is 1. The monoisotopic (exact) mass is 509 g/mol. The summed E-state index contributed by atoms with van der Waals surface area (Å²) in [5, 5.41) is 25.1. The Morgan fingerprint density at radius 1 is 1.03 bits per heavy atom. The number of thiophene rings is 1. The summed E-state index contributed by atoms with van der Waals surface area (Å²) in [7, 11) is 0. The van der Waals surface area contributed by atoms with Gasteiger partial charge in [0.1, 0.15) is 16.6 Å². The van der Waals surface area contributed by atoms with E-state index in [-0.39, 0.29) is 23.6 Å². The molecular formula is C25H21F2N5O3S. The van der Waals surface area contributed by atoms with Gasteiger partial charge in [-0.3, -0.25) is 14.9 Å². The molecule has 0 radical (unpaired) electrons. The van der Waals surface area contributed by atoms with Crippen LogP contribution in [0.3, 0.4) is 0 Å². The summed E-state index contributed by atoms with van der Waals surface area (Å²) in [5.74, 6) is -1.62. The van der Waals surface area contributed by atoms with Gasteiger partial charge >= 0.3 is 0 Å². The molecule has 2 aromatic heterocycles. The molecule has 0 saturated carbocycles. The summed E-state index contributed by atoms with van der Waals surface area (Å²) in [4.78, 5) is 24.7. The largest absolute Gasteiger partial charge is 0.372 e. The Labute approximate surface area is 209 Å². The Hall–Kier alpha value is -4.25. The second-order valence-corrected chi connectivity index (χ2v) is 8.86. The number of carbonyl (C=O) groups is 1. The van der Waals surface area contributed by atoms with Crippen LogP contribution in [0.5, 0.6) is 0 Å². The average molecular weight is 510 g/mol. The van der Waals surface area contributed by atoms with Crippen LogP contribution in [0.4, 0.5) is 25.3 Å². The first-order valence-electron chi connectivity index (χ1n) is 11.0. The Balaban J connectivity index is 1.76. The van der Waals surface area contributed by atoms with Crippen molar-refractivity contribution in [3.63, 3.8) is 0 Å². The molecule has 2 heterocycles. The number of aromatic nitrogens is 2. The highest BCUT2D eigenvalue weighted by molar-refractivity contribution is 7.20. The first-order chi connectivity index (χ1) is 17.3. The maximum absolute atomic E-state index is 14.2. The quantitative estimate of drug-likeness (QED) is 0.219. The van der Waals surface area contributed by atoms with Gasteiger partial charge < -0.3 is 10.6 Å². The molecule has 4 rings (SSSR count). The number of halogens is 2. The normalized spacial score (nSPS) is 10.8. The molecule has 4 aromatic rings. The van der Waals surface area contributed by atoms with E-state index in [2.05, 4.69) is 20.8 Å². The number of hydrogen-bond donors (Lipinski definition) is 2. The van der Waals surface area contributed by atoms with E-state index in [1.165, 1.54) is 29.5 Å². The minimum atomic E-state index is -0.703. The van der Waals surface area contributed by atoms with Crippen molar-refractivity contribution < 1.29 is 18.5 Å². The molecule has 0 bridgehead atoms. The topological polar surface area (TPSA) is 110 Å². The Bertz CT molecular complexity index is 1400. The molecule has 0 aliphatic heterocycles. The number of nitrogens with zero attached hydrogens (tertiary/aromatic N) is 3. The van der Waals surface area contributed by atoms with Gasteiger partial charge in [-0.1, -0.05) is 13.0 Å². The summed E-state index contributed by atoms with van der Waals surface area (Å²) in [6, 6.07) is 12.9. The molecule has 0 atom stereocenters. The molecule has 1 amide bonds. The minimum Gasteiger partial charge on any atom is -0.372 e.